The van der Waals surface area contributed by atoms with Crippen LogP contribution in [0.15, 0.2) is 35.4 Å². The lowest BCUT2D eigenvalue weighted by Gasteiger charge is -2.10. The molecule has 2 aromatic rings. The standard InChI is InChI=1S/C14H19N3O2S/c1-3-15-9-10-17-20(18,19)13-7-6-11(2)14-12(13)5-4-8-16-14/h4-8,15,17H,3,9-10H2,1-2H3. The van der Waals surface area contributed by atoms with E-state index in [0.717, 1.165) is 17.6 Å². The number of sulfonamides is 1. The SMILES string of the molecule is CCNCCNS(=O)(=O)c1ccc(C)c2ncccc12. The van der Waals surface area contributed by atoms with Crippen LogP contribution in [0.2, 0.25) is 0 Å². The van der Waals surface area contributed by atoms with Gasteiger partial charge in [0.25, 0.3) is 0 Å². The van der Waals surface area contributed by atoms with E-state index in [9.17, 15) is 8.42 Å². The van der Waals surface area contributed by atoms with Crippen LogP contribution in [-0.2, 0) is 10.0 Å². The molecule has 0 bridgehead atoms. The van der Waals surface area contributed by atoms with Gasteiger partial charge < -0.3 is 5.32 Å². The summed E-state index contributed by atoms with van der Waals surface area (Å²) in [5, 5.41) is 3.74. The van der Waals surface area contributed by atoms with Crippen molar-refractivity contribution in [3.8, 4) is 0 Å². The molecule has 2 rings (SSSR count). The Morgan fingerprint density at radius 3 is 2.75 bits per heavy atom. The molecule has 0 saturated carbocycles. The summed E-state index contributed by atoms with van der Waals surface area (Å²) < 4.78 is 27.3. The van der Waals surface area contributed by atoms with Crippen molar-refractivity contribution in [1.82, 2.24) is 15.0 Å². The van der Waals surface area contributed by atoms with E-state index in [4.69, 9.17) is 0 Å². The molecule has 5 nitrogen and oxygen atoms in total. The fourth-order valence-corrected chi connectivity index (χ4v) is 3.28. The maximum absolute atomic E-state index is 12.4. The molecule has 0 fully saturated rings. The Kier molecular flexibility index (Phi) is 4.69. The zero-order chi connectivity index (χ0) is 14.6. The van der Waals surface area contributed by atoms with Gasteiger partial charge in [-0.05, 0) is 37.2 Å². The van der Waals surface area contributed by atoms with Crippen LogP contribution in [0.1, 0.15) is 12.5 Å². The molecule has 1 heterocycles. The molecule has 1 aromatic heterocycles. The minimum absolute atomic E-state index is 0.280. The number of hydrogen-bond donors (Lipinski definition) is 2. The van der Waals surface area contributed by atoms with E-state index >= 15 is 0 Å². The van der Waals surface area contributed by atoms with E-state index in [0.29, 0.717) is 18.5 Å². The predicted octanol–water partition coefficient (Wildman–Crippen LogP) is 1.43. The first kappa shape index (κ1) is 14.9. The van der Waals surface area contributed by atoms with Gasteiger partial charge in [0.15, 0.2) is 0 Å². The smallest absolute Gasteiger partial charge is 0.241 e. The first-order valence-corrected chi connectivity index (χ1v) is 8.09. The fraction of sp³-hybridized carbons (Fsp3) is 0.357. The quantitative estimate of drug-likeness (QED) is 0.790. The maximum atomic E-state index is 12.4. The third-order valence-electron chi connectivity index (χ3n) is 3.06. The molecule has 0 unspecified atom stereocenters. The molecule has 0 radical (unpaired) electrons. The Morgan fingerprint density at radius 1 is 1.20 bits per heavy atom. The summed E-state index contributed by atoms with van der Waals surface area (Å²) in [6, 6.07) is 6.96. The highest BCUT2D eigenvalue weighted by molar-refractivity contribution is 7.89. The van der Waals surface area contributed by atoms with Crippen LogP contribution in [-0.4, -0.2) is 33.0 Å². The Hall–Kier alpha value is -1.50. The normalized spacial score (nSPS) is 11.9. The number of fused-ring (bicyclic) bond motifs is 1. The van der Waals surface area contributed by atoms with Gasteiger partial charge in [-0.25, -0.2) is 13.1 Å². The summed E-state index contributed by atoms with van der Waals surface area (Å²) in [5.41, 5.74) is 1.69. The van der Waals surface area contributed by atoms with E-state index in [1.54, 1.807) is 30.5 Å². The largest absolute Gasteiger partial charge is 0.316 e. The number of nitrogens with one attached hydrogen (secondary N) is 2. The first-order valence-electron chi connectivity index (χ1n) is 6.61. The van der Waals surface area contributed by atoms with Crippen LogP contribution in [0.5, 0.6) is 0 Å². The van der Waals surface area contributed by atoms with E-state index in [1.807, 2.05) is 13.8 Å². The van der Waals surface area contributed by atoms with Crippen LogP contribution in [0, 0.1) is 6.92 Å². The van der Waals surface area contributed by atoms with Crippen LogP contribution in [0.4, 0.5) is 0 Å². The minimum Gasteiger partial charge on any atom is -0.316 e. The monoisotopic (exact) mass is 293 g/mol. The van der Waals surface area contributed by atoms with Gasteiger partial charge in [0.2, 0.25) is 10.0 Å². The van der Waals surface area contributed by atoms with Gasteiger partial charge in [0.1, 0.15) is 0 Å². The van der Waals surface area contributed by atoms with Gasteiger partial charge >= 0.3 is 0 Å². The van der Waals surface area contributed by atoms with E-state index in [-0.39, 0.29) is 4.90 Å². The van der Waals surface area contributed by atoms with Crippen molar-refractivity contribution in [1.29, 1.82) is 0 Å². The predicted molar refractivity (Wildman–Crippen MR) is 80.2 cm³/mol. The summed E-state index contributed by atoms with van der Waals surface area (Å²) >= 11 is 0. The highest BCUT2D eigenvalue weighted by Gasteiger charge is 2.17. The van der Waals surface area contributed by atoms with Crippen molar-refractivity contribution in [2.75, 3.05) is 19.6 Å². The summed E-state index contributed by atoms with van der Waals surface area (Å²) in [6.07, 6.45) is 1.67. The van der Waals surface area contributed by atoms with Crippen LogP contribution in [0.3, 0.4) is 0 Å². The van der Waals surface area contributed by atoms with Gasteiger partial charge in [0, 0.05) is 24.7 Å². The molecular weight excluding hydrogens is 274 g/mol. The molecule has 20 heavy (non-hydrogen) atoms. The Balaban J connectivity index is 2.35. The van der Waals surface area contributed by atoms with Crippen molar-refractivity contribution in [2.24, 2.45) is 0 Å². The highest BCUT2D eigenvalue weighted by atomic mass is 32.2. The van der Waals surface area contributed by atoms with Gasteiger partial charge in [-0.2, -0.15) is 0 Å². The number of aryl methyl sites for hydroxylation is 1. The van der Waals surface area contributed by atoms with Crippen molar-refractivity contribution in [3.05, 3.63) is 36.0 Å². The highest BCUT2D eigenvalue weighted by Crippen LogP contribution is 2.23. The average molecular weight is 293 g/mol. The molecular formula is C14H19N3O2S. The first-order chi connectivity index (χ1) is 9.56. The fourth-order valence-electron chi connectivity index (χ4n) is 2.05. The second-order valence-electron chi connectivity index (χ2n) is 4.53. The van der Waals surface area contributed by atoms with Crippen LogP contribution < -0.4 is 10.0 Å². The molecule has 0 aliphatic heterocycles. The summed E-state index contributed by atoms with van der Waals surface area (Å²) in [7, 11) is -3.51. The zero-order valence-corrected chi connectivity index (χ0v) is 12.5. The summed E-state index contributed by atoms with van der Waals surface area (Å²) in [4.78, 5) is 4.54. The number of likely N-dealkylation sites (N-methyl/N-ethyl adjacent to an activating group) is 1. The number of hydrogen-bond acceptors (Lipinski definition) is 4. The number of nitrogens with zero attached hydrogens (tertiary/aromatic N) is 1. The lowest BCUT2D eigenvalue weighted by atomic mass is 10.1. The molecule has 0 aliphatic rings. The second kappa shape index (κ2) is 6.30. The summed E-state index contributed by atoms with van der Waals surface area (Å²) in [5.74, 6) is 0. The lowest BCUT2D eigenvalue weighted by molar-refractivity contribution is 0.578. The Morgan fingerprint density at radius 2 is 2.00 bits per heavy atom. The molecule has 108 valence electrons. The average Bonchev–Trinajstić information content (AvgIpc) is 2.44. The zero-order valence-electron chi connectivity index (χ0n) is 11.7. The number of aromatic nitrogens is 1. The third-order valence-corrected chi connectivity index (χ3v) is 4.58. The van der Waals surface area contributed by atoms with E-state index < -0.39 is 10.0 Å². The molecule has 6 heteroatoms. The Labute approximate surface area is 119 Å². The molecule has 1 aromatic carbocycles. The van der Waals surface area contributed by atoms with Crippen molar-refractivity contribution in [3.63, 3.8) is 0 Å². The molecule has 0 amide bonds. The maximum Gasteiger partial charge on any atom is 0.241 e. The molecule has 0 spiro atoms. The van der Waals surface area contributed by atoms with Crippen LogP contribution >= 0.6 is 0 Å². The third kappa shape index (κ3) is 3.15. The number of rotatable bonds is 6. The second-order valence-corrected chi connectivity index (χ2v) is 6.27. The van der Waals surface area contributed by atoms with Crippen molar-refractivity contribution < 1.29 is 8.42 Å². The Bertz CT molecular complexity index is 699. The van der Waals surface area contributed by atoms with E-state index in [2.05, 4.69) is 15.0 Å². The van der Waals surface area contributed by atoms with E-state index in [1.165, 1.54) is 0 Å². The van der Waals surface area contributed by atoms with Gasteiger partial charge in [-0.1, -0.05) is 13.0 Å². The number of pyridine rings is 1. The number of benzene rings is 1. The summed E-state index contributed by atoms with van der Waals surface area (Å²) in [6.45, 7) is 5.70. The lowest BCUT2D eigenvalue weighted by Crippen LogP contribution is -2.31. The molecule has 0 aliphatic carbocycles. The van der Waals surface area contributed by atoms with Gasteiger partial charge in [0.05, 0.1) is 10.4 Å². The van der Waals surface area contributed by atoms with Crippen molar-refractivity contribution >= 4 is 20.9 Å². The van der Waals surface area contributed by atoms with Crippen molar-refractivity contribution in [2.45, 2.75) is 18.7 Å². The topological polar surface area (TPSA) is 71.1 Å². The minimum atomic E-state index is -3.51. The van der Waals surface area contributed by atoms with Gasteiger partial charge in [-0.15, -0.1) is 0 Å². The van der Waals surface area contributed by atoms with Gasteiger partial charge in [-0.3, -0.25) is 4.98 Å². The van der Waals surface area contributed by atoms with Crippen LogP contribution in [0.25, 0.3) is 10.9 Å². The molecule has 2 N–H and O–H groups in total. The molecule has 0 atom stereocenters. The molecule has 0 saturated heterocycles.